The molecule has 1 aromatic heterocycles. The number of esters is 1. The van der Waals surface area contributed by atoms with Gasteiger partial charge in [-0.2, -0.15) is 15.2 Å². The summed E-state index contributed by atoms with van der Waals surface area (Å²) in [4.78, 5) is 41.4. The molecule has 0 N–H and O–H groups in total. The van der Waals surface area contributed by atoms with Gasteiger partial charge in [0.25, 0.3) is 0 Å². The molecule has 1 amide bonds. The van der Waals surface area contributed by atoms with Gasteiger partial charge in [0.15, 0.2) is 0 Å². The average molecular weight is 599 g/mol. The number of anilines is 2. The van der Waals surface area contributed by atoms with Crippen LogP contribution in [0.1, 0.15) is 51.3 Å². The summed E-state index contributed by atoms with van der Waals surface area (Å²) in [7, 11) is 1.35. The molecular formula is C33H38N6O5. The number of amides is 1. The van der Waals surface area contributed by atoms with E-state index in [0.717, 1.165) is 29.3 Å². The number of nitrogens with zero attached hydrogens (tertiary/aromatic N) is 6. The Morgan fingerprint density at radius 1 is 1.05 bits per heavy atom. The molecule has 0 bridgehead atoms. The van der Waals surface area contributed by atoms with E-state index in [1.165, 1.54) is 17.9 Å². The smallest absolute Gasteiger partial charge is 0.410 e. The van der Waals surface area contributed by atoms with Crippen LogP contribution in [0, 0.1) is 11.3 Å². The van der Waals surface area contributed by atoms with Crippen LogP contribution >= 0.6 is 0 Å². The molecule has 2 aromatic carbocycles. The third-order valence-corrected chi connectivity index (χ3v) is 8.42. The van der Waals surface area contributed by atoms with E-state index in [-0.39, 0.29) is 18.5 Å². The summed E-state index contributed by atoms with van der Waals surface area (Å²) in [5.74, 6) is 0.285. The normalized spacial score (nSPS) is 19.2. The maximum Gasteiger partial charge on any atom is 0.410 e. The third-order valence-electron chi connectivity index (χ3n) is 8.42. The zero-order valence-electron chi connectivity index (χ0n) is 25.7. The summed E-state index contributed by atoms with van der Waals surface area (Å²) in [6.45, 7) is 8.09. The van der Waals surface area contributed by atoms with Crippen LogP contribution in [0.25, 0.3) is 10.8 Å². The fraction of sp³-hybridized carbons (Fsp3) is 0.485. The summed E-state index contributed by atoms with van der Waals surface area (Å²) in [6, 6.07) is 16.6. The van der Waals surface area contributed by atoms with Crippen molar-refractivity contribution in [2.45, 2.75) is 70.2 Å². The van der Waals surface area contributed by atoms with Crippen LogP contribution < -0.4 is 14.5 Å². The number of carbonyl (C=O) groups excluding carboxylic acids is 2. The number of ether oxygens (including phenoxy) is 3. The number of piperazine rings is 1. The fourth-order valence-electron chi connectivity index (χ4n) is 6.10. The average Bonchev–Trinajstić information content (AvgIpc) is 3.79. The van der Waals surface area contributed by atoms with E-state index in [9.17, 15) is 14.9 Å². The minimum atomic E-state index is -1.07. The number of fused-ring (bicyclic) bond motifs is 2. The molecule has 230 valence electrons. The van der Waals surface area contributed by atoms with E-state index >= 15 is 0 Å². The molecule has 2 aliphatic heterocycles. The number of hydrogen-bond donors (Lipinski definition) is 0. The molecule has 1 saturated heterocycles. The zero-order chi connectivity index (χ0) is 31.1. The topological polar surface area (TPSA) is 121 Å². The van der Waals surface area contributed by atoms with Gasteiger partial charge in [-0.3, -0.25) is 0 Å². The quantitative estimate of drug-likeness (QED) is 0.372. The molecule has 11 nitrogen and oxygen atoms in total. The van der Waals surface area contributed by atoms with Crippen LogP contribution in [0.3, 0.4) is 0 Å². The number of aromatic nitrogens is 2. The molecule has 3 heterocycles. The summed E-state index contributed by atoms with van der Waals surface area (Å²) < 4.78 is 16.8. The first-order valence-corrected chi connectivity index (χ1v) is 15.1. The van der Waals surface area contributed by atoms with Crippen molar-refractivity contribution >= 4 is 34.3 Å². The van der Waals surface area contributed by atoms with Crippen molar-refractivity contribution in [3.05, 3.63) is 53.7 Å². The summed E-state index contributed by atoms with van der Waals surface area (Å²) >= 11 is 0. The molecule has 3 aliphatic rings. The molecule has 1 saturated carbocycles. The zero-order valence-corrected chi connectivity index (χ0v) is 25.7. The molecule has 6 rings (SSSR count). The fourth-order valence-corrected chi connectivity index (χ4v) is 6.10. The van der Waals surface area contributed by atoms with Crippen molar-refractivity contribution in [3.8, 4) is 12.1 Å². The number of hydrogen-bond acceptors (Lipinski definition) is 10. The minimum absolute atomic E-state index is 0.132. The first-order chi connectivity index (χ1) is 21.1. The van der Waals surface area contributed by atoms with Gasteiger partial charge in [0.2, 0.25) is 5.60 Å². The Labute approximate surface area is 257 Å². The van der Waals surface area contributed by atoms with Gasteiger partial charge in [0.05, 0.1) is 37.9 Å². The Morgan fingerprint density at radius 3 is 2.55 bits per heavy atom. The van der Waals surface area contributed by atoms with Crippen LogP contribution in [0.4, 0.5) is 16.3 Å². The highest BCUT2D eigenvalue weighted by Crippen LogP contribution is 2.42. The number of methoxy groups -OCH3 is 1. The highest BCUT2D eigenvalue weighted by molar-refractivity contribution is 5.94. The van der Waals surface area contributed by atoms with Crippen LogP contribution in [-0.2, 0) is 27.2 Å². The van der Waals surface area contributed by atoms with Gasteiger partial charge < -0.3 is 28.9 Å². The van der Waals surface area contributed by atoms with Crippen molar-refractivity contribution in [1.82, 2.24) is 14.9 Å². The molecule has 44 heavy (non-hydrogen) atoms. The minimum Gasteiger partial charge on any atom is -0.466 e. The van der Waals surface area contributed by atoms with Gasteiger partial charge in [0, 0.05) is 55.7 Å². The van der Waals surface area contributed by atoms with Crippen LogP contribution in [-0.4, -0.2) is 77.5 Å². The molecule has 1 aliphatic carbocycles. The molecule has 11 heteroatoms. The Morgan fingerprint density at radius 2 is 1.82 bits per heavy atom. The lowest BCUT2D eigenvalue weighted by Crippen LogP contribution is -2.56. The largest absolute Gasteiger partial charge is 0.466 e. The second-order valence-electron chi connectivity index (χ2n) is 12.6. The van der Waals surface area contributed by atoms with Crippen molar-refractivity contribution < 1.29 is 23.8 Å². The van der Waals surface area contributed by atoms with Gasteiger partial charge in [-0.1, -0.05) is 36.4 Å². The number of rotatable bonds is 6. The Balaban J connectivity index is 1.34. The second-order valence-corrected chi connectivity index (χ2v) is 12.6. The standard InChI is InChI=1S/C33H38N6O5/c1-32(2,3)44-31(41)39-19-18-38(20-23(39)12-16-34)28-25-13-17-37(27-11-7-9-22-8-5-6-10-24(22)27)21-26(25)35-30(36-28)43-33(14-15-33)29(40)42-4/h5-11,23H,12-15,17-21H2,1-4H3/t23-/m0/s1. The maximum atomic E-state index is 13.0. The van der Waals surface area contributed by atoms with E-state index in [4.69, 9.17) is 24.2 Å². The summed E-state index contributed by atoms with van der Waals surface area (Å²) in [6.07, 6.45) is 1.51. The van der Waals surface area contributed by atoms with E-state index in [1.54, 1.807) is 4.90 Å². The number of nitriles is 1. The molecule has 2 fully saturated rings. The van der Waals surface area contributed by atoms with Crippen molar-refractivity contribution in [2.24, 2.45) is 0 Å². The van der Waals surface area contributed by atoms with Crippen molar-refractivity contribution in [2.75, 3.05) is 43.1 Å². The molecule has 0 spiro atoms. The van der Waals surface area contributed by atoms with Crippen molar-refractivity contribution in [3.63, 3.8) is 0 Å². The summed E-state index contributed by atoms with van der Waals surface area (Å²) in [5.41, 5.74) is 1.26. The molecule has 3 aromatic rings. The molecule has 1 atom stereocenters. The first-order valence-electron chi connectivity index (χ1n) is 15.1. The number of benzene rings is 2. The van der Waals surface area contributed by atoms with Gasteiger partial charge in [0.1, 0.15) is 11.4 Å². The van der Waals surface area contributed by atoms with Gasteiger partial charge in [-0.15, -0.1) is 0 Å². The Bertz CT molecular complexity index is 1620. The van der Waals surface area contributed by atoms with E-state index in [2.05, 4.69) is 46.2 Å². The van der Waals surface area contributed by atoms with E-state index in [1.807, 2.05) is 32.9 Å². The van der Waals surface area contributed by atoms with Gasteiger partial charge in [-0.25, -0.2) is 9.59 Å². The lowest BCUT2D eigenvalue weighted by atomic mass is 10.0. The molecule has 0 unspecified atom stereocenters. The highest BCUT2D eigenvalue weighted by atomic mass is 16.6. The Hall–Kier alpha value is -4.59. The Kier molecular flexibility index (Phi) is 7.70. The monoisotopic (exact) mass is 598 g/mol. The predicted molar refractivity (Wildman–Crippen MR) is 165 cm³/mol. The lowest BCUT2D eigenvalue weighted by Gasteiger charge is -2.42. The van der Waals surface area contributed by atoms with E-state index < -0.39 is 23.3 Å². The van der Waals surface area contributed by atoms with Gasteiger partial charge in [-0.05, 0) is 38.6 Å². The first kappa shape index (κ1) is 29.5. The third kappa shape index (κ3) is 5.81. The molecule has 0 radical (unpaired) electrons. The van der Waals surface area contributed by atoms with Crippen molar-refractivity contribution in [1.29, 1.82) is 5.26 Å². The second kappa shape index (κ2) is 11.5. The van der Waals surface area contributed by atoms with E-state index in [0.29, 0.717) is 45.4 Å². The number of carbonyl (C=O) groups is 2. The van der Waals surface area contributed by atoms with Gasteiger partial charge >= 0.3 is 18.1 Å². The lowest BCUT2D eigenvalue weighted by molar-refractivity contribution is -0.151. The highest BCUT2D eigenvalue weighted by Gasteiger charge is 2.55. The SMILES string of the molecule is COC(=O)C1(Oc2nc3c(c(N4CCN(C(=O)OC(C)(C)C)[C@@H](CC#N)C4)n2)CCN(c2cccc4ccccc24)C3)CC1. The van der Waals surface area contributed by atoms with Crippen LogP contribution in [0.15, 0.2) is 42.5 Å². The maximum absolute atomic E-state index is 13.0. The van der Waals surface area contributed by atoms with Crippen LogP contribution in [0.5, 0.6) is 6.01 Å². The molecular weight excluding hydrogens is 560 g/mol. The van der Waals surface area contributed by atoms with Crippen LogP contribution in [0.2, 0.25) is 0 Å². The predicted octanol–water partition coefficient (Wildman–Crippen LogP) is 4.62. The summed E-state index contributed by atoms with van der Waals surface area (Å²) in [5, 5.41) is 12.0.